The van der Waals surface area contributed by atoms with Crippen molar-refractivity contribution in [2.75, 3.05) is 26.2 Å². The van der Waals surface area contributed by atoms with Gasteiger partial charge in [-0.25, -0.2) is 13.2 Å². The highest BCUT2D eigenvalue weighted by Crippen LogP contribution is 2.28. The highest BCUT2D eigenvalue weighted by Gasteiger charge is 2.32. The number of nitrogens with one attached hydrogen (secondary N) is 1. The van der Waals surface area contributed by atoms with E-state index in [-0.39, 0.29) is 41.0 Å². The Morgan fingerprint density at radius 1 is 1.06 bits per heavy atom. The van der Waals surface area contributed by atoms with Crippen molar-refractivity contribution in [2.45, 2.75) is 43.5 Å². The molecule has 1 heterocycles. The van der Waals surface area contributed by atoms with Crippen LogP contribution in [0.2, 0.25) is 0 Å². The van der Waals surface area contributed by atoms with Crippen LogP contribution in [0.15, 0.2) is 59.5 Å². The molecule has 1 fully saturated rings. The number of amides is 2. The maximum absolute atomic E-state index is 13.0. The number of sulfonamides is 1. The lowest BCUT2D eigenvalue weighted by atomic mass is 9.79. The van der Waals surface area contributed by atoms with Gasteiger partial charge in [0, 0.05) is 32.2 Å². The maximum Gasteiger partial charge on any atom is 0.317 e. The molecular weight excluding hydrogens is 424 g/mol. The number of carbonyl (C=O) groups is 1. The molecule has 2 amide bonds. The Balaban J connectivity index is 1.57. The smallest absolute Gasteiger partial charge is 0.317 e. The summed E-state index contributed by atoms with van der Waals surface area (Å²) in [6.45, 7) is 7.30. The summed E-state index contributed by atoms with van der Waals surface area (Å²) in [5.74, 6) is 0. The number of urea groups is 1. The van der Waals surface area contributed by atoms with Gasteiger partial charge in [0.15, 0.2) is 0 Å². The fraction of sp³-hybridized carbons (Fsp3) is 0.417. The summed E-state index contributed by atoms with van der Waals surface area (Å²) in [5, 5.41) is 12.3. The number of hydrogen-bond acceptors (Lipinski definition) is 4. The third-order valence-corrected chi connectivity index (χ3v) is 7.85. The average Bonchev–Trinajstić information content (AvgIpc) is 2.79. The monoisotopic (exact) mass is 454 g/mol. The zero-order valence-corrected chi connectivity index (χ0v) is 19.6. The molecule has 170 valence electrons. The maximum atomic E-state index is 13.0. The topological polar surface area (TPSA) is 93.5 Å². The van der Waals surface area contributed by atoms with Crippen molar-refractivity contribution in [3.63, 3.8) is 0 Å². The number of hydrogen-bond donors (Lipinski definition) is 1. The molecule has 1 aliphatic rings. The molecule has 1 N–H and O–H groups in total. The number of benzene rings is 2. The van der Waals surface area contributed by atoms with Crippen molar-refractivity contribution in [2.24, 2.45) is 0 Å². The molecule has 0 saturated carbocycles. The van der Waals surface area contributed by atoms with Crippen molar-refractivity contribution < 1.29 is 13.2 Å². The van der Waals surface area contributed by atoms with Crippen LogP contribution in [0, 0.1) is 11.3 Å². The Morgan fingerprint density at radius 3 is 2.28 bits per heavy atom. The molecule has 0 radical (unpaired) electrons. The normalized spacial score (nSPS) is 16.2. The van der Waals surface area contributed by atoms with E-state index < -0.39 is 10.0 Å². The largest absolute Gasteiger partial charge is 0.336 e. The molecule has 0 aromatic heterocycles. The van der Waals surface area contributed by atoms with Crippen molar-refractivity contribution in [1.29, 1.82) is 5.26 Å². The first-order valence-electron chi connectivity index (χ1n) is 10.8. The van der Waals surface area contributed by atoms with Crippen LogP contribution in [-0.4, -0.2) is 55.9 Å². The zero-order valence-electron chi connectivity index (χ0n) is 18.8. The molecule has 0 bridgehead atoms. The Morgan fingerprint density at radius 2 is 1.66 bits per heavy atom. The molecular formula is C24H30N4O3S. The molecule has 7 nitrogen and oxygen atoms in total. The lowest BCUT2D eigenvalue weighted by Gasteiger charge is -2.35. The molecule has 8 heteroatoms. The van der Waals surface area contributed by atoms with Gasteiger partial charge in [0.2, 0.25) is 10.0 Å². The van der Waals surface area contributed by atoms with Gasteiger partial charge in [-0.2, -0.15) is 9.57 Å². The van der Waals surface area contributed by atoms with E-state index in [1.54, 1.807) is 17.0 Å². The molecule has 0 aliphatic carbocycles. The lowest BCUT2D eigenvalue weighted by Crippen LogP contribution is -2.54. The Bertz CT molecular complexity index is 1090. The van der Waals surface area contributed by atoms with Crippen molar-refractivity contribution in [3.8, 4) is 6.07 Å². The highest BCUT2D eigenvalue weighted by molar-refractivity contribution is 7.89. The summed E-state index contributed by atoms with van der Waals surface area (Å²) in [6, 6.07) is 18.1. The fourth-order valence-electron chi connectivity index (χ4n) is 4.18. The lowest BCUT2D eigenvalue weighted by molar-refractivity contribution is 0.168. The summed E-state index contributed by atoms with van der Waals surface area (Å²) in [4.78, 5) is 14.4. The average molecular weight is 455 g/mol. The molecule has 1 saturated heterocycles. The van der Waals surface area contributed by atoms with E-state index >= 15 is 0 Å². The SMILES string of the molecule is CC(CC(C)(C)c1ccccc1)NC(=O)N1CCN(S(=O)(=O)c2ccccc2C#N)CC1. The number of piperazine rings is 1. The second-order valence-corrected chi connectivity index (χ2v) is 10.7. The van der Waals surface area contributed by atoms with Gasteiger partial charge in [-0.3, -0.25) is 0 Å². The molecule has 2 aromatic carbocycles. The van der Waals surface area contributed by atoms with Crippen LogP contribution in [0.4, 0.5) is 4.79 Å². The van der Waals surface area contributed by atoms with E-state index in [9.17, 15) is 18.5 Å². The molecule has 3 rings (SSSR count). The minimum absolute atomic E-state index is 0.0113. The standard InChI is InChI=1S/C24H30N4O3S/c1-19(17-24(2,3)21-10-5-4-6-11-21)26-23(29)27-13-15-28(16-14-27)32(30,31)22-12-8-7-9-20(22)18-25/h4-12,19H,13-17H2,1-3H3,(H,26,29). The first kappa shape index (κ1) is 23.8. The Hall–Kier alpha value is -2.89. The van der Waals surface area contributed by atoms with E-state index in [1.165, 1.54) is 22.0 Å². The molecule has 2 aromatic rings. The van der Waals surface area contributed by atoms with Crippen LogP contribution in [0.3, 0.4) is 0 Å². The predicted molar refractivity (Wildman–Crippen MR) is 124 cm³/mol. The molecule has 1 unspecified atom stereocenters. The van der Waals surface area contributed by atoms with Gasteiger partial charge in [-0.05, 0) is 36.5 Å². The van der Waals surface area contributed by atoms with E-state index in [1.807, 2.05) is 31.2 Å². The fourth-order valence-corrected chi connectivity index (χ4v) is 5.74. The predicted octanol–water partition coefficient (Wildman–Crippen LogP) is 3.33. The quantitative estimate of drug-likeness (QED) is 0.724. The second-order valence-electron chi connectivity index (χ2n) is 8.80. The van der Waals surface area contributed by atoms with Crippen LogP contribution in [-0.2, 0) is 15.4 Å². The van der Waals surface area contributed by atoms with Crippen molar-refractivity contribution in [3.05, 3.63) is 65.7 Å². The number of nitriles is 1. The van der Waals surface area contributed by atoms with Gasteiger partial charge >= 0.3 is 6.03 Å². The van der Waals surface area contributed by atoms with Crippen LogP contribution in [0.25, 0.3) is 0 Å². The van der Waals surface area contributed by atoms with E-state index in [4.69, 9.17) is 0 Å². The minimum atomic E-state index is -3.78. The van der Waals surface area contributed by atoms with Gasteiger partial charge in [0.25, 0.3) is 0 Å². The van der Waals surface area contributed by atoms with Gasteiger partial charge in [0.05, 0.1) is 10.5 Å². The van der Waals surface area contributed by atoms with Crippen LogP contribution in [0.1, 0.15) is 38.3 Å². The summed E-state index contributed by atoms with van der Waals surface area (Å²) in [7, 11) is -3.78. The van der Waals surface area contributed by atoms with Gasteiger partial charge in [-0.1, -0.05) is 56.3 Å². The number of rotatable bonds is 6. The van der Waals surface area contributed by atoms with Crippen LogP contribution >= 0.6 is 0 Å². The van der Waals surface area contributed by atoms with Gasteiger partial charge in [-0.15, -0.1) is 0 Å². The number of nitrogens with zero attached hydrogens (tertiary/aromatic N) is 3. The van der Waals surface area contributed by atoms with Gasteiger partial charge in [0.1, 0.15) is 6.07 Å². The molecule has 1 aliphatic heterocycles. The molecule has 32 heavy (non-hydrogen) atoms. The Kier molecular flexibility index (Phi) is 7.22. The van der Waals surface area contributed by atoms with Crippen LogP contribution < -0.4 is 5.32 Å². The first-order valence-corrected chi connectivity index (χ1v) is 12.2. The Labute approximate surface area is 190 Å². The summed E-state index contributed by atoms with van der Waals surface area (Å²) < 4.78 is 27.3. The number of carbonyl (C=O) groups excluding carboxylic acids is 1. The zero-order chi connectivity index (χ0) is 23.4. The summed E-state index contributed by atoms with van der Waals surface area (Å²) in [6.07, 6.45) is 0.780. The summed E-state index contributed by atoms with van der Waals surface area (Å²) in [5.41, 5.74) is 1.26. The van der Waals surface area contributed by atoms with E-state index in [2.05, 4.69) is 31.3 Å². The summed E-state index contributed by atoms with van der Waals surface area (Å²) >= 11 is 0. The van der Waals surface area contributed by atoms with Crippen molar-refractivity contribution >= 4 is 16.1 Å². The van der Waals surface area contributed by atoms with Gasteiger partial charge < -0.3 is 10.2 Å². The van der Waals surface area contributed by atoms with Crippen LogP contribution in [0.5, 0.6) is 0 Å². The molecule has 1 atom stereocenters. The first-order chi connectivity index (χ1) is 15.1. The van der Waals surface area contributed by atoms with E-state index in [0.29, 0.717) is 13.1 Å². The van der Waals surface area contributed by atoms with Crippen molar-refractivity contribution in [1.82, 2.24) is 14.5 Å². The third kappa shape index (κ3) is 5.29. The highest BCUT2D eigenvalue weighted by atomic mass is 32.2. The third-order valence-electron chi connectivity index (χ3n) is 5.89. The molecule has 0 spiro atoms. The van der Waals surface area contributed by atoms with E-state index in [0.717, 1.165) is 6.42 Å². The second kappa shape index (κ2) is 9.72. The minimum Gasteiger partial charge on any atom is -0.336 e.